The van der Waals surface area contributed by atoms with Crippen LogP contribution in [0.15, 0.2) is 42.5 Å². The van der Waals surface area contributed by atoms with Crippen molar-refractivity contribution < 1.29 is 29.3 Å². The largest absolute Gasteiger partial charge is 0.497 e. The minimum Gasteiger partial charge on any atom is -0.497 e. The van der Waals surface area contributed by atoms with Crippen LogP contribution in [-0.2, 0) is 22.7 Å². The summed E-state index contributed by atoms with van der Waals surface area (Å²) in [5.41, 5.74) is 1.46. The van der Waals surface area contributed by atoms with Crippen LogP contribution >= 0.6 is 23.2 Å². The Bertz CT molecular complexity index is 1200. The van der Waals surface area contributed by atoms with Crippen molar-refractivity contribution >= 4 is 41.0 Å². The Hall–Kier alpha value is -3.09. The Morgan fingerprint density at radius 1 is 1.16 bits per heavy atom. The minimum absolute atomic E-state index is 0.0121. The van der Waals surface area contributed by atoms with Crippen molar-refractivity contribution in [2.75, 3.05) is 27.2 Å². The molecule has 0 unspecified atom stereocenters. The van der Waals surface area contributed by atoms with Crippen molar-refractivity contribution in [1.29, 1.82) is 0 Å². The number of aliphatic hydroxyl groups is 2. The number of halogens is 2. The average Bonchev–Trinajstić information content (AvgIpc) is 2.86. The van der Waals surface area contributed by atoms with Gasteiger partial charge in [-0.05, 0) is 35.4 Å². The number of hydrazine groups is 1. The van der Waals surface area contributed by atoms with Gasteiger partial charge in [-0.15, -0.1) is 0 Å². The van der Waals surface area contributed by atoms with Crippen LogP contribution in [0.3, 0.4) is 0 Å². The van der Waals surface area contributed by atoms with E-state index >= 15 is 0 Å². The number of nitrogens with zero attached hydrogens (tertiary/aromatic N) is 4. The monoisotopic (exact) mass is 565 g/mol. The van der Waals surface area contributed by atoms with Gasteiger partial charge in [-0.25, -0.2) is 14.8 Å². The van der Waals surface area contributed by atoms with Gasteiger partial charge in [-0.1, -0.05) is 41.4 Å². The van der Waals surface area contributed by atoms with E-state index in [1.807, 2.05) is 12.1 Å². The summed E-state index contributed by atoms with van der Waals surface area (Å²) in [5.74, 6) is -0.188. The SMILES string of the molecule is COc1ccc(CNC(=O)N2[C@H]3CN(Cc4ccc(Cl)cc4Cl)C(=O)[C@H](CC(O)O)N3C(=O)CN2C)cc1. The zero-order chi connectivity index (χ0) is 27.6. The highest BCUT2D eigenvalue weighted by Crippen LogP contribution is 2.30. The Kier molecular flexibility index (Phi) is 8.64. The van der Waals surface area contributed by atoms with Gasteiger partial charge in [-0.2, -0.15) is 0 Å². The van der Waals surface area contributed by atoms with Crippen molar-refractivity contribution in [2.24, 2.45) is 0 Å². The second-order valence-electron chi connectivity index (χ2n) is 9.14. The number of benzene rings is 2. The van der Waals surface area contributed by atoms with Crippen LogP contribution in [0.4, 0.5) is 4.79 Å². The summed E-state index contributed by atoms with van der Waals surface area (Å²) in [7, 11) is 3.17. The van der Waals surface area contributed by atoms with Crippen LogP contribution < -0.4 is 10.1 Å². The predicted molar refractivity (Wildman–Crippen MR) is 139 cm³/mol. The summed E-state index contributed by atoms with van der Waals surface area (Å²) < 4.78 is 5.16. The number of nitrogens with one attached hydrogen (secondary N) is 1. The van der Waals surface area contributed by atoms with Gasteiger partial charge in [0, 0.05) is 36.6 Å². The quantitative estimate of drug-likeness (QED) is 0.435. The fourth-order valence-corrected chi connectivity index (χ4v) is 5.20. The zero-order valence-corrected chi connectivity index (χ0v) is 22.4. The maximum atomic E-state index is 13.5. The molecule has 3 N–H and O–H groups in total. The molecule has 2 saturated heterocycles. The Morgan fingerprint density at radius 2 is 1.87 bits per heavy atom. The van der Waals surface area contributed by atoms with Crippen LogP contribution in [0, 0.1) is 0 Å². The van der Waals surface area contributed by atoms with Crippen molar-refractivity contribution in [2.45, 2.75) is 38.0 Å². The van der Waals surface area contributed by atoms with Crippen molar-refractivity contribution in [3.8, 4) is 5.75 Å². The molecule has 2 atom stereocenters. The Morgan fingerprint density at radius 3 is 2.50 bits per heavy atom. The van der Waals surface area contributed by atoms with E-state index in [1.54, 1.807) is 44.5 Å². The third-order valence-corrected chi connectivity index (χ3v) is 7.15. The molecule has 0 bridgehead atoms. The van der Waals surface area contributed by atoms with E-state index in [1.165, 1.54) is 19.8 Å². The number of aliphatic hydroxyl groups excluding tert-OH is 1. The molecular weight excluding hydrogens is 537 g/mol. The maximum absolute atomic E-state index is 13.5. The molecule has 0 radical (unpaired) electrons. The minimum atomic E-state index is -1.84. The highest BCUT2D eigenvalue weighted by molar-refractivity contribution is 6.35. The predicted octanol–water partition coefficient (Wildman–Crippen LogP) is 1.64. The molecule has 2 fully saturated rings. The van der Waals surface area contributed by atoms with Crippen LogP contribution in [-0.4, -0.2) is 93.6 Å². The van der Waals surface area contributed by atoms with Gasteiger partial charge in [0.25, 0.3) is 0 Å². The molecule has 2 aromatic carbocycles. The summed E-state index contributed by atoms with van der Waals surface area (Å²) in [4.78, 5) is 42.7. The summed E-state index contributed by atoms with van der Waals surface area (Å²) in [5, 5.41) is 26.0. The number of hydrogen-bond acceptors (Lipinski definition) is 7. The summed E-state index contributed by atoms with van der Waals surface area (Å²) in [6.07, 6.45) is -3.13. The molecule has 2 aliphatic heterocycles. The fraction of sp³-hybridized carbons (Fsp3) is 0.400. The molecule has 38 heavy (non-hydrogen) atoms. The molecule has 0 saturated carbocycles. The number of fused-ring (bicyclic) bond motifs is 1. The molecule has 13 heteroatoms. The number of carbonyl (C=O) groups is 3. The van der Waals surface area contributed by atoms with Crippen LogP contribution in [0.2, 0.25) is 10.0 Å². The van der Waals surface area contributed by atoms with E-state index in [0.29, 0.717) is 21.4 Å². The Balaban J connectivity index is 1.60. The van der Waals surface area contributed by atoms with Gasteiger partial charge in [0.2, 0.25) is 11.8 Å². The van der Waals surface area contributed by atoms with Crippen LogP contribution in [0.1, 0.15) is 17.5 Å². The number of hydrogen-bond donors (Lipinski definition) is 3. The molecule has 4 amide bonds. The lowest BCUT2D eigenvalue weighted by Gasteiger charge is -2.54. The smallest absolute Gasteiger partial charge is 0.334 e. The van der Waals surface area contributed by atoms with E-state index in [0.717, 1.165) is 5.56 Å². The second kappa shape index (κ2) is 11.7. The van der Waals surface area contributed by atoms with Gasteiger partial charge in [0.15, 0.2) is 6.29 Å². The van der Waals surface area contributed by atoms with Crippen molar-refractivity contribution in [3.05, 3.63) is 63.6 Å². The van der Waals surface area contributed by atoms with Gasteiger partial charge < -0.3 is 30.1 Å². The number of piperazine rings is 1. The lowest BCUT2D eigenvalue weighted by molar-refractivity contribution is -0.192. The van der Waals surface area contributed by atoms with Crippen molar-refractivity contribution in [1.82, 2.24) is 25.1 Å². The first-order chi connectivity index (χ1) is 18.1. The number of urea groups is 1. The molecule has 4 rings (SSSR count). The number of rotatable bonds is 7. The first kappa shape index (κ1) is 27.9. The summed E-state index contributed by atoms with van der Waals surface area (Å²) >= 11 is 12.3. The lowest BCUT2D eigenvalue weighted by atomic mass is 10.0. The van der Waals surface area contributed by atoms with Gasteiger partial charge in [-0.3, -0.25) is 9.59 Å². The standard InChI is InChI=1S/C25H29Cl2N5O6/c1-29-14-22(33)31-20(10-23(34)35)24(36)30(12-16-5-6-17(26)9-19(16)27)13-21(31)32(29)25(37)28-11-15-3-7-18(38-2)8-4-15/h3-9,20-21,23,34-35H,10-14H2,1-2H3,(H,28,37)/t20-,21-/m0/s1. The molecule has 0 aromatic heterocycles. The van der Waals surface area contributed by atoms with E-state index in [4.69, 9.17) is 27.9 Å². The molecule has 11 nitrogen and oxygen atoms in total. The third-order valence-electron chi connectivity index (χ3n) is 6.56. The molecule has 2 aromatic rings. The summed E-state index contributed by atoms with van der Waals surface area (Å²) in [6, 6.07) is 10.5. The molecule has 0 aliphatic carbocycles. The van der Waals surface area contributed by atoms with Crippen molar-refractivity contribution in [3.63, 3.8) is 0 Å². The molecular formula is C25H29Cl2N5O6. The third kappa shape index (κ3) is 5.97. The topological polar surface area (TPSA) is 126 Å². The van der Waals surface area contributed by atoms with Gasteiger partial charge in [0.05, 0.1) is 20.2 Å². The average molecular weight is 566 g/mol. The van der Waals surface area contributed by atoms with E-state index in [-0.39, 0.29) is 26.2 Å². The summed E-state index contributed by atoms with van der Waals surface area (Å²) in [6.45, 7) is 0.120. The molecule has 2 heterocycles. The number of likely N-dealkylation sites (N-methyl/N-ethyl adjacent to an activating group) is 1. The first-order valence-electron chi connectivity index (χ1n) is 11.9. The van der Waals surface area contributed by atoms with Crippen LogP contribution in [0.5, 0.6) is 5.75 Å². The Labute approximate surface area is 230 Å². The number of ether oxygens (including phenoxy) is 1. The van der Waals surface area contributed by atoms with Gasteiger partial charge >= 0.3 is 6.03 Å². The lowest BCUT2D eigenvalue weighted by Crippen LogP contribution is -2.76. The molecule has 0 spiro atoms. The zero-order valence-electron chi connectivity index (χ0n) is 20.9. The van der Waals surface area contributed by atoms with E-state index in [2.05, 4.69) is 5.32 Å². The van der Waals surface area contributed by atoms with Crippen LogP contribution in [0.25, 0.3) is 0 Å². The number of amides is 4. The van der Waals surface area contributed by atoms with E-state index < -0.39 is 42.8 Å². The number of carbonyl (C=O) groups excluding carboxylic acids is 3. The highest BCUT2D eigenvalue weighted by atomic mass is 35.5. The normalized spacial score (nSPS) is 20.1. The molecule has 204 valence electrons. The fourth-order valence-electron chi connectivity index (χ4n) is 4.73. The number of methoxy groups -OCH3 is 1. The van der Waals surface area contributed by atoms with Gasteiger partial charge in [0.1, 0.15) is 18.0 Å². The molecule has 2 aliphatic rings. The highest BCUT2D eigenvalue weighted by Gasteiger charge is 2.51. The maximum Gasteiger partial charge on any atom is 0.334 e. The van der Waals surface area contributed by atoms with E-state index in [9.17, 15) is 24.6 Å². The first-order valence-corrected chi connectivity index (χ1v) is 12.7. The second-order valence-corrected chi connectivity index (χ2v) is 9.98.